The molecule has 0 spiro atoms. The van der Waals surface area contributed by atoms with Gasteiger partial charge in [0.25, 0.3) is 0 Å². The van der Waals surface area contributed by atoms with Crippen LogP contribution in [0.5, 0.6) is 5.75 Å². The van der Waals surface area contributed by atoms with Gasteiger partial charge < -0.3 is 20.5 Å². The lowest BCUT2D eigenvalue weighted by atomic mass is 10.1. The van der Waals surface area contributed by atoms with Gasteiger partial charge in [0.1, 0.15) is 5.75 Å². The predicted octanol–water partition coefficient (Wildman–Crippen LogP) is 4.46. The third kappa shape index (κ3) is 8.88. The molecule has 3 N–H and O–H groups in total. The van der Waals surface area contributed by atoms with E-state index in [0.29, 0.717) is 25.0 Å². The highest BCUT2D eigenvalue weighted by Gasteiger charge is 2.11. The highest BCUT2D eigenvalue weighted by atomic mass is 127. The number of guanidine groups is 1. The number of aliphatic hydroxyl groups excluding tert-OH is 1. The molecule has 0 aliphatic heterocycles. The van der Waals surface area contributed by atoms with Crippen molar-refractivity contribution in [3.8, 4) is 5.75 Å². The Morgan fingerprint density at radius 3 is 2.62 bits per heavy atom. The van der Waals surface area contributed by atoms with E-state index in [4.69, 9.17) is 4.74 Å². The summed E-state index contributed by atoms with van der Waals surface area (Å²) in [6.07, 6.45) is -0.564. The molecule has 8 heteroatoms. The first-order valence-corrected chi connectivity index (χ1v) is 10.7. The molecule has 1 atom stereocenters. The number of hydrogen-bond donors (Lipinski definition) is 3. The zero-order valence-electron chi connectivity index (χ0n) is 17.8. The quantitative estimate of drug-likeness (QED) is 0.253. The molecule has 0 fully saturated rings. The summed E-state index contributed by atoms with van der Waals surface area (Å²) in [6.45, 7) is 11.9. The van der Waals surface area contributed by atoms with Crippen molar-refractivity contribution in [3.63, 3.8) is 0 Å². The summed E-state index contributed by atoms with van der Waals surface area (Å²) in [4.78, 5) is 9.19. The summed E-state index contributed by atoms with van der Waals surface area (Å²) >= 11 is 1.67. The molecule has 29 heavy (non-hydrogen) atoms. The molecule has 0 aliphatic carbocycles. The number of halogens is 1. The first kappa shape index (κ1) is 25.6. The third-order valence-corrected chi connectivity index (χ3v) is 5.08. The maximum absolute atomic E-state index is 10.5. The molecule has 0 radical (unpaired) electrons. The van der Waals surface area contributed by atoms with Gasteiger partial charge in [-0.25, -0.2) is 9.98 Å². The highest BCUT2D eigenvalue weighted by molar-refractivity contribution is 14.0. The second kappa shape index (κ2) is 13.0. The van der Waals surface area contributed by atoms with Crippen molar-refractivity contribution in [3.05, 3.63) is 45.9 Å². The van der Waals surface area contributed by atoms with E-state index in [1.54, 1.807) is 11.3 Å². The molecule has 0 amide bonds. The molecule has 0 saturated carbocycles. The van der Waals surface area contributed by atoms with Crippen LogP contribution in [0.3, 0.4) is 0 Å². The van der Waals surface area contributed by atoms with Gasteiger partial charge in [0, 0.05) is 24.4 Å². The molecule has 2 rings (SSSR count). The third-order valence-electron chi connectivity index (χ3n) is 3.88. The van der Waals surface area contributed by atoms with Crippen molar-refractivity contribution in [2.45, 2.75) is 59.3 Å². The molecule has 0 aliphatic rings. The molecular weight excluding hydrogens is 499 g/mol. The Hall–Kier alpha value is -1.39. The standard InChI is InChI=1S/C21H32N4O2S.HI/c1-6-22-21(23-11-17-13-28-20(25-17)14(2)3)24-12-19(26)16-8-7-9-18(10-16)27-15(4)5;/h7-10,13-15,19,26H,6,11-12H2,1-5H3,(H2,22,23,24);1H. The predicted molar refractivity (Wildman–Crippen MR) is 132 cm³/mol. The van der Waals surface area contributed by atoms with Gasteiger partial charge in [-0.05, 0) is 38.5 Å². The molecule has 1 aromatic carbocycles. The van der Waals surface area contributed by atoms with Crippen LogP contribution in [0.1, 0.15) is 62.9 Å². The van der Waals surface area contributed by atoms with Crippen LogP contribution in [0.15, 0.2) is 34.6 Å². The minimum atomic E-state index is -0.661. The summed E-state index contributed by atoms with van der Waals surface area (Å²) in [6, 6.07) is 7.56. The number of aliphatic hydroxyl groups is 1. The molecule has 2 aromatic rings. The van der Waals surface area contributed by atoms with Gasteiger partial charge in [-0.1, -0.05) is 26.0 Å². The monoisotopic (exact) mass is 532 g/mol. The lowest BCUT2D eigenvalue weighted by molar-refractivity contribution is 0.179. The van der Waals surface area contributed by atoms with Gasteiger partial charge in [-0.3, -0.25) is 0 Å². The van der Waals surface area contributed by atoms with Crippen molar-refractivity contribution >= 4 is 41.3 Å². The molecule has 0 saturated heterocycles. The molecule has 0 bridgehead atoms. The number of thiazole rings is 1. The molecule has 1 unspecified atom stereocenters. The van der Waals surface area contributed by atoms with Crippen molar-refractivity contribution in [1.29, 1.82) is 0 Å². The van der Waals surface area contributed by atoms with Gasteiger partial charge in [0.2, 0.25) is 0 Å². The number of nitrogens with one attached hydrogen (secondary N) is 2. The average molecular weight is 532 g/mol. The number of ether oxygens (including phenoxy) is 1. The lowest BCUT2D eigenvalue weighted by Crippen LogP contribution is -2.39. The minimum absolute atomic E-state index is 0. The van der Waals surface area contributed by atoms with Gasteiger partial charge in [-0.2, -0.15) is 0 Å². The van der Waals surface area contributed by atoms with Crippen molar-refractivity contribution < 1.29 is 9.84 Å². The summed E-state index contributed by atoms with van der Waals surface area (Å²) in [5.74, 6) is 1.85. The Balaban J connectivity index is 0.00000420. The minimum Gasteiger partial charge on any atom is -0.491 e. The second-order valence-electron chi connectivity index (χ2n) is 7.16. The van der Waals surface area contributed by atoms with E-state index in [-0.39, 0.29) is 30.1 Å². The molecule has 6 nitrogen and oxygen atoms in total. The molecular formula is C21H33IN4O2S. The maximum Gasteiger partial charge on any atom is 0.191 e. The SMILES string of the molecule is CCNC(=NCc1csc(C(C)C)n1)NCC(O)c1cccc(OC(C)C)c1.I. The van der Waals surface area contributed by atoms with E-state index in [9.17, 15) is 5.11 Å². The lowest BCUT2D eigenvalue weighted by Gasteiger charge is -2.17. The van der Waals surface area contributed by atoms with Crippen LogP contribution in [-0.2, 0) is 6.54 Å². The van der Waals surface area contributed by atoms with Crippen LogP contribution in [0.2, 0.25) is 0 Å². The van der Waals surface area contributed by atoms with Crippen LogP contribution < -0.4 is 15.4 Å². The number of rotatable bonds is 9. The van der Waals surface area contributed by atoms with Gasteiger partial charge in [0.15, 0.2) is 5.96 Å². The molecule has 162 valence electrons. The molecule has 1 aromatic heterocycles. The number of nitrogens with zero attached hydrogens (tertiary/aromatic N) is 2. The largest absolute Gasteiger partial charge is 0.491 e. The number of aliphatic imine (C=N–C) groups is 1. The smallest absolute Gasteiger partial charge is 0.191 e. The zero-order valence-corrected chi connectivity index (χ0v) is 21.0. The second-order valence-corrected chi connectivity index (χ2v) is 8.05. The Bertz CT molecular complexity index is 765. The number of benzene rings is 1. The van der Waals surface area contributed by atoms with E-state index in [1.807, 2.05) is 45.0 Å². The van der Waals surface area contributed by atoms with Gasteiger partial charge in [0.05, 0.1) is 29.5 Å². The van der Waals surface area contributed by atoms with Crippen molar-refractivity contribution in [1.82, 2.24) is 15.6 Å². The molecule has 1 heterocycles. The average Bonchev–Trinajstić information content (AvgIpc) is 3.13. The van der Waals surface area contributed by atoms with Crippen LogP contribution in [-0.4, -0.2) is 35.2 Å². The summed E-state index contributed by atoms with van der Waals surface area (Å²) in [5, 5.41) is 20.1. The maximum atomic E-state index is 10.5. The van der Waals surface area contributed by atoms with E-state index in [0.717, 1.165) is 28.6 Å². The normalized spacial score (nSPS) is 12.6. The summed E-state index contributed by atoms with van der Waals surface area (Å²) in [7, 11) is 0. The Morgan fingerprint density at radius 1 is 1.24 bits per heavy atom. The first-order valence-electron chi connectivity index (χ1n) is 9.80. The zero-order chi connectivity index (χ0) is 20.5. The van der Waals surface area contributed by atoms with Gasteiger partial charge in [-0.15, -0.1) is 35.3 Å². The number of aromatic nitrogens is 1. The summed E-state index contributed by atoms with van der Waals surface area (Å²) < 4.78 is 5.70. The van der Waals surface area contributed by atoms with Crippen LogP contribution in [0, 0.1) is 0 Å². The van der Waals surface area contributed by atoms with E-state index in [1.165, 1.54) is 0 Å². The van der Waals surface area contributed by atoms with Crippen LogP contribution >= 0.6 is 35.3 Å². The van der Waals surface area contributed by atoms with Crippen LogP contribution in [0.4, 0.5) is 0 Å². The van der Waals surface area contributed by atoms with Crippen molar-refractivity contribution in [2.75, 3.05) is 13.1 Å². The van der Waals surface area contributed by atoms with E-state index in [2.05, 4.69) is 39.8 Å². The highest BCUT2D eigenvalue weighted by Crippen LogP contribution is 2.20. The van der Waals surface area contributed by atoms with Crippen LogP contribution in [0.25, 0.3) is 0 Å². The number of hydrogen-bond acceptors (Lipinski definition) is 5. The Kier molecular flexibility index (Phi) is 11.5. The fourth-order valence-corrected chi connectivity index (χ4v) is 3.37. The fourth-order valence-electron chi connectivity index (χ4n) is 2.54. The van der Waals surface area contributed by atoms with E-state index < -0.39 is 6.10 Å². The van der Waals surface area contributed by atoms with Crippen molar-refractivity contribution in [2.24, 2.45) is 4.99 Å². The Morgan fingerprint density at radius 2 is 2.00 bits per heavy atom. The topological polar surface area (TPSA) is 78.8 Å². The summed E-state index contributed by atoms with van der Waals surface area (Å²) in [5.41, 5.74) is 1.77. The fraction of sp³-hybridized carbons (Fsp3) is 0.524. The van der Waals surface area contributed by atoms with E-state index >= 15 is 0 Å². The van der Waals surface area contributed by atoms with Gasteiger partial charge >= 0.3 is 0 Å². The first-order chi connectivity index (χ1) is 13.4. The Labute approximate surface area is 195 Å².